The Bertz CT molecular complexity index is 881. The van der Waals surface area contributed by atoms with Crippen LogP contribution < -0.4 is 19.7 Å². The second-order valence-electron chi connectivity index (χ2n) is 6.63. The van der Waals surface area contributed by atoms with Gasteiger partial charge in [-0.15, -0.1) is 0 Å². The summed E-state index contributed by atoms with van der Waals surface area (Å²) in [5, 5.41) is 2.86. The fourth-order valence-electron chi connectivity index (χ4n) is 3.16. The number of anilines is 1. The topological polar surface area (TPSA) is 96.9 Å². The lowest BCUT2D eigenvalue weighted by atomic mass is 10.2. The van der Waals surface area contributed by atoms with E-state index in [1.54, 1.807) is 38.2 Å². The van der Waals surface area contributed by atoms with Gasteiger partial charge in [0.05, 0.1) is 14.2 Å². The van der Waals surface area contributed by atoms with Gasteiger partial charge in [0.15, 0.2) is 11.5 Å². The summed E-state index contributed by atoms with van der Waals surface area (Å²) < 4.78 is 10.5. The number of hydrogen-bond acceptors (Lipinski definition) is 7. The van der Waals surface area contributed by atoms with E-state index in [0.717, 1.165) is 5.56 Å². The zero-order valence-corrected chi connectivity index (χ0v) is 16.8. The lowest BCUT2D eigenvalue weighted by molar-refractivity contribution is -0.129. The van der Waals surface area contributed by atoms with Crippen LogP contribution >= 0.6 is 0 Å². The molecule has 0 bridgehead atoms. The molecule has 1 N–H and O–H groups in total. The number of benzene rings is 1. The third-order valence-electron chi connectivity index (χ3n) is 4.84. The molecule has 1 aromatic carbocycles. The van der Waals surface area contributed by atoms with E-state index >= 15 is 0 Å². The van der Waals surface area contributed by atoms with Gasteiger partial charge in [-0.05, 0) is 17.7 Å². The van der Waals surface area contributed by atoms with Crippen LogP contribution in [0, 0.1) is 0 Å². The first-order valence-electron chi connectivity index (χ1n) is 9.33. The monoisotopic (exact) mass is 399 g/mol. The number of hydrogen-bond donors (Lipinski definition) is 1. The Morgan fingerprint density at radius 1 is 1.03 bits per heavy atom. The molecule has 1 saturated heterocycles. The van der Waals surface area contributed by atoms with Crippen molar-refractivity contribution in [2.75, 3.05) is 45.3 Å². The molecule has 2 amide bonds. The molecule has 2 aromatic rings. The van der Waals surface area contributed by atoms with Gasteiger partial charge in [0.25, 0.3) is 5.91 Å². The predicted octanol–water partition coefficient (Wildman–Crippen LogP) is 1.09. The molecule has 0 unspecified atom stereocenters. The van der Waals surface area contributed by atoms with E-state index in [2.05, 4.69) is 15.3 Å². The second-order valence-corrected chi connectivity index (χ2v) is 6.63. The van der Waals surface area contributed by atoms with Crippen LogP contribution in [-0.4, -0.2) is 67.1 Å². The molecule has 1 aromatic heterocycles. The van der Waals surface area contributed by atoms with E-state index in [1.807, 2.05) is 17.0 Å². The van der Waals surface area contributed by atoms with Crippen molar-refractivity contribution >= 4 is 17.6 Å². The Kier molecular flexibility index (Phi) is 6.48. The number of rotatable bonds is 6. The first kappa shape index (κ1) is 20.4. The fraction of sp³-hybridized carbons (Fsp3) is 0.400. The molecule has 9 nitrogen and oxygen atoms in total. The lowest BCUT2D eigenvalue weighted by Gasteiger charge is -2.34. The SMILES string of the molecule is COc1ccc(CNC(=O)c2cc(N3CCN(C(C)=O)CC3)ncn2)cc1OC. The van der Waals surface area contributed by atoms with Gasteiger partial charge in [-0.1, -0.05) is 6.07 Å². The quantitative estimate of drug-likeness (QED) is 0.777. The molecule has 1 aliphatic rings. The molecular weight excluding hydrogens is 374 g/mol. The van der Waals surface area contributed by atoms with Crippen LogP contribution in [0.2, 0.25) is 0 Å². The number of carbonyl (C=O) groups excluding carboxylic acids is 2. The van der Waals surface area contributed by atoms with Gasteiger partial charge in [-0.3, -0.25) is 9.59 Å². The number of aromatic nitrogens is 2. The summed E-state index contributed by atoms with van der Waals surface area (Å²) in [5.41, 5.74) is 1.18. The van der Waals surface area contributed by atoms with Crippen molar-refractivity contribution in [3.63, 3.8) is 0 Å². The number of amides is 2. The maximum atomic E-state index is 12.5. The number of piperazine rings is 1. The van der Waals surface area contributed by atoms with Crippen LogP contribution in [0.25, 0.3) is 0 Å². The largest absolute Gasteiger partial charge is 0.493 e. The Morgan fingerprint density at radius 2 is 1.76 bits per heavy atom. The number of methoxy groups -OCH3 is 2. The standard InChI is InChI=1S/C20H25N5O4/c1-14(26)24-6-8-25(9-7-24)19-11-16(22-13-23-19)20(27)21-12-15-4-5-17(28-2)18(10-15)29-3/h4-5,10-11,13H,6-9,12H2,1-3H3,(H,21,27). The second kappa shape index (κ2) is 9.22. The summed E-state index contributed by atoms with van der Waals surface area (Å²) in [6, 6.07) is 7.15. The van der Waals surface area contributed by atoms with E-state index in [4.69, 9.17) is 9.47 Å². The maximum Gasteiger partial charge on any atom is 0.270 e. The van der Waals surface area contributed by atoms with E-state index in [9.17, 15) is 9.59 Å². The smallest absolute Gasteiger partial charge is 0.270 e. The molecule has 9 heteroatoms. The van der Waals surface area contributed by atoms with Crippen LogP contribution in [0.5, 0.6) is 11.5 Å². The zero-order chi connectivity index (χ0) is 20.8. The van der Waals surface area contributed by atoms with E-state index in [1.165, 1.54) is 6.33 Å². The zero-order valence-electron chi connectivity index (χ0n) is 16.8. The van der Waals surface area contributed by atoms with Crippen LogP contribution in [-0.2, 0) is 11.3 Å². The van der Waals surface area contributed by atoms with Crippen LogP contribution in [0.3, 0.4) is 0 Å². The summed E-state index contributed by atoms with van der Waals surface area (Å²) in [6.07, 6.45) is 1.39. The molecule has 0 atom stereocenters. The highest BCUT2D eigenvalue weighted by molar-refractivity contribution is 5.92. The summed E-state index contributed by atoms with van der Waals surface area (Å²) in [5.74, 6) is 1.70. The van der Waals surface area contributed by atoms with Gasteiger partial charge >= 0.3 is 0 Å². The minimum absolute atomic E-state index is 0.0718. The molecule has 0 spiro atoms. The highest BCUT2D eigenvalue weighted by Crippen LogP contribution is 2.27. The van der Waals surface area contributed by atoms with Crippen molar-refractivity contribution in [2.24, 2.45) is 0 Å². The van der Waals surface area contributed by atoms with Gasteiger partial charge in [0.2, 0.25) is 5.91 Å². The average molecular weight is 399 g/mol. The maximum absolute atomic E-state index is 12.5. The minimum atomic E-state index is -0.286. The predicted molar refractivity (Wildman–Crippen MR) is 107 cm³/mol. The number of ether oxygens (including phenoxy) is 2. The van der Waals surface area contributed by atoms with Crippen LogP contribution in [0.15, 0.2) is 30.6 Å². The third-order valence-corrected chi connectivity index (χ3v) is 4.84. The van der Waals surface area contributed by atoms with E-state index < -0.39 is 0 Å². The first-order valence-corrected chi connectivity index (χ1v) is 9.33. The molecule has 0 aliphatic carbocycles. The van der Waals surface area contributed by atoms with Crippen LogP contribution in [0.1, 0.15) is 23.0 Å². The van der Waals surface area contributed by atoms with Gasteiger partial charge in [0.1, 0.15) is 17.8 Å². The average Bonchev–Trinajstić information content (AvgIpc) is 2.77. The lowest BCUT2D eigenvalue weighted by Crippen LogP contribution is -2.48. The molecular formula is C20H25N5O4. The number of carbonyl (C=O) groups is 2. The van der Waals surface area contributed by atoms with Gasteiger partial charge in [-0.25, -0.2) is 9.97 Å². The number of nitrogens with zero attached hydrogens (tertiary/aromatic N) is 4. The Balaban J connectivity index is 1.62. The molecule has 154 valence electrons. The Hall–Kier alpha value is -3.36. The fourth-order valence-corrected chi connectivity index (χ4v) is 3.16. The summed E-state index contributed by atoms with van der Waals surface area (Å²) >= 11 is 0. The van der Waals surface area contributed by atoms with Crippen LogP contribution in [0.4, 0.5) is 5.82 Å². The van der Waals surface area contributed by atoms with Crippen molar-refractivity contribution in [3.8, 4) is 11.5 Å². The summed E-state index contributed by atoms with van der Waals surface area (Å²) in [7, 11) is 3.14. The molecule has 3 rings (SSSR count). The van der Waals surface area contributed by atoms with E-state index in [0.29, 0.717) is 55.7 Å². The highest BCUT2D eigenvalue weighted by atomic mass is 16.5. The van der Waals surface area contributed by atoms with Crippen molar-refractivity contribution in [1.82, 2.24) is 20.2 Å². The molecule has 29 heavy (non-hydrogen) atoms. The van der Waals surface area contributed by atoms with Crippen molar-refractivity contribution < 1.29 is 19.1 Å². The first-order chi connectivity index (χ1) is 14.0. The van der Waals surface area contributed by atoms with Crippen molar-refractivity contribution in [3.05, 3.63) is 41.9 Å². The van der Waals surface area contributed by atoms with Gasteiger partial charge in [0, 0.05) is 45.7 Å². The number of nitrogens with one attached hydrogen (secondary N) is 1. The molecule has 1 aliphatic heterocycles. The molecule has 1 fully saturated rings. The van der Waals surface area contributed by atoms with Gasteiger partial charge < -0.3 is 24.6 Å². The normalized spacial score (nSPS) is 13.8. The summed E-state index contributed by atoms with van der Waals surface area (Å²) in [4.78, 5) is 36.2. The molecule has 0 radical (unpaired) electrons. The Morgan fingerprint density at radius 3 is 2.41 bits per heavy atom. The summed E-state index contributed by atoms with van der Waals surface area (Å²) in [6.45, 7) is 4.52. The Labute approximate surface area is 169 Å². The van der Waals surface area contributed by atoms with Crippen molar-refractivity contribution in [2.45, 2.75) is 13.5 Å². The molecule has 0 saturated carbocycles. The van der Waals surface area contributed by atoms with Crippen molar-refractivity contribution in [1.29, 1.82) is 0 Å². The highest BCUT2D eigenvalue weighted by Gasteiger charge is 2.20. The third kappa shape index (κ3) is 4.92. The minimum Gasteiger partial charge on any atom is -0.493 e. The van der Waals surface area contributed by atoms with E-state index in [-0.39, 0.29) is 11.8 Å². The van der Waals surface area contributed by atoms with Gasteiger partial charge in [-0.2, -0.15) is 0 Å². The molecule has 2 heterocycles.